The van der Waals surface area contributed by atoms with Crippen LogP contribution in [0.2, 0.25) is 0 Å². The highest BCUT2D eigenvalue weighted by Gasteiger charge is 2.31. The smallest absolute Gasteiger partial charge is 0.407 e. The molecule has 6 nitrogen and oxygen atoms in total. The van der Waals surface area contributed by atoms with Crippen LogP contribution in [0.3, 0.4) is 0 Å². The number of alkyl carbamates (subject to hydrolysis) is 1. The topological polar surface area (TPSA) is 67.9 Å². The summed E-state index contributed by atoms with van der Waals surface area (Å²) in [6, 6.07) is 0.0772. The average Bonchev–Trinajstić information content (AvgIpc) is 2.90. The lowest BCUT2D eigenvalue weighted by Crippen LogP contribution is -2.49. The molecule has 0 spiro atoms. The third-order valence-electron chi connectivity index (χ3n) is 3.73. The van der Waals surface area contributed by atoms with Crippen LogP contribution in [-0.4, -0.2) is 54.3 Å². The van der Waals surface area contributed by atoms with Crippen LogP contribution >= 0.6 is 0 Å². The minimum absolute atomic E-state index is 0.0772. The third kappa shape index (κ3) is 4.88. The van der Waals surface area contributed by atoms with E-state index in [0.29, 0.717) is 19.7 Å². The van der Waals surface area contributed by atoms with Gasteiger partial charge in [0.05, 0.1) is 0 Å². The highest BCUT2D eigenvalue weighted by Crippen LogP contribution is 2.18. The SMILES string of the molecule is CC(C)(C)OC(=O)NC1CCN(C(=O)[C@@H]2CCCO2)CC1. The molecule has 1 atom stereocenters. The van der Waals surface area contributed by atoms with Crippen molar-refractivity contribution in [2.24, 2.45) is 0 Å². The number of nitrogens with one attached hydrogen (secondary N) is 1. The van der Waals surface area contributed by atoms with Gasteiger partial charge in [-0.2, -0.15) is 0 Å². The molecule has 6 heteroatoms. The predicted molar refractivity (Wildman–Crippen MR) is 77.9 cm³/mol. The Bertz CT molecular complexity index is 378. The number of nitrogens with zero attached hydrogens (tertiary/aromatic N) is 1. The maximum atomic E-state index is 12.2. The molecule has 2 aliphatic rings. The van der Waals surface area contributed by atoms with Crippen LogP contribution in [0.5, 0.6) is 0 Å². The molecule has 2 amide bonds. The third-order valence-corrected chi connectivity index (χ3v) is 3.73. The number of rotatable bonds is 2. The van der Waals surface area contributed by atoms with Gasteiger partial charge < -0.3 is 19.7 Å². The molecular formula is C15H26N2O4. The minimum Gasteiger partial charge on any atom is -0.444 e. The molecule has 0 aromatic heterocycles. The van der Waals surface area contributed by atoms with Crippen molar-refractivity contribution in [3.8, 4) is 0 Å². The molecule has 0 aromatic carbocycles. The van der Waals surface area contributed by atoms with Crippen LogP contribution in [-0.2, 0) is 14.3 Å². The van der Waals surface area contributed by atoms with Crippen molar-refractivity contribution in [3.05, 3.63) is 0 Å². The van der Waals surface area contributed by atoms with Gasteiger partial charge in [-0.05, 0) is 46.5 Å². The summed E-state index contributed by atoms with van der Waals surface area (Å²) in [6.45, 7) is 7.55. The van der Waals surface area contributed by atoms with E-state index in [4.69, 9.17) is 9.47 Å². The van der Waals surface area contributed by atoms with Gasteiger partial charge in [0.15, 0.2) is 0 Å². The molecule has 2 heterocycles. The summed E-state index contributed by atoms with van der Waals surface area (Å²) in [6.07, 6.45) is 2.68. The van der Waals surface area contributed by atoms with Crippen molar-refractivity contribution in [2.45, 2.75) is 64.2 Å². The summed E-state index contributed by atoms with van der Waals surface area (Å²) in [7, 11) is 0. The summed E-state index contributed by atoms with van der Waals surface area (Å²) < 4.78 is 10.7. The van der Waals surface area contributed by atoms with E-state index < -0.39 is 5.60 Å². The number of likely N-dealkylation sites (tertiary alicyclic amines) is 1. The Hall–Kier alpha value is -1.30. The number of ether oxygens (including phenoxy) is 2. The Morgan fingerprint density at radius 1 is 1.19 bits per heavy atom. The number of carbonyl (C=O) groups is 2. The molecule has 0 aliphatic carbocycles. The molecule has 0 bridgehead atoms. The molecule has 0 radical (unpaired) electrons. The van der Waals surface area contributed by atoms with E-state index in [1.54, 1.807) is 0 Å². The molecule has 120 valence electrons. The lowest BCUT2D eigenvalue weighted by molar-refractivity contribution is -0.142. The van der Waals surface area contributed by atoms with Crippen molar-refractivity contribution in [1.82, 2.24) is 10.2 Å². The Morgan fingerprint density at radius 2 is 1.86 bits per heavy atom. The van der Waals surface area contributed by atoms with E-state index in [0.717, 1.165) is 25.7 Å². The van der Waals surface area contributed by atoms with Crippen molar-refractivity contribution in [2.75, 3.05) is 19.7 Å². The van der Waals surface area contributed by atoms with Crippen LogP contribution in [0.15, 0.2) is 0 Å². The fraction of sp³-hybridized carbons (Fsp3) is 0.867. The molecule has 1 N–H and O–H groups in total. The minimum atomic E-state index is -0.486. The Kier molecular flexibility index (Phi) is 5.08. The predicted octanol–water partition coefficient (Wildman–Crippen LogP) is 1.68. The summed E-state index contributed by atoms with van der Waals surface area (Å²) in [5, 5.41) is 2.87. The normalized spacial score (nSPS) is 24.0. The Labute approximate surface area is 126 Å². The van der Waals surface area contributed by atoms with Crippen LogP contribution in [0, 0.1) is 0 Å². The quantitative estimate of drug-likeness (QED) is 0.842. The largest absolute Gasteiger partial charge is 0.444 e. The molecule has 0 aromatic rings. The first kappa shape index (κ1) is 16.1. The monoisotopic (exact) mass is 298 g/mol. The van der Waals surface area contributed by atoms with E-state index in [-0.39, 0.29) is 24.1 Å². The lowest BCUT2D eigenvalue weighted by Gasteiger charge is -2.34. The van der Waals surface area contributed by atoms with E-state index in [1.807, 2.05) is 25.7 Å². The second kappa shape index (κ2) is 6.64. The van der Waals surface area contributed by atoms with E-state index in [9.17, 15) is 9.59 Å². The zero-order chi connectivity index (χ0) is 15.5. The maximum Gasteiger partial charge on any atom is 0.407 e. The average molecular weight is 298 g/mol. The molecule has 2 rings (SSSR count). The van der Waals surface area contributed by atoms with Crippen LogP contribution in [0.1, 0.15) is 46.5 Å². The lowest BCUT2D eigenvalue weighted by atomic mass is 10.0. The fourth-order valence-electron chi connectivity index (χ4n) is 2.69. The van der Waals surface area contributed by atoms with Crippen molar-refractivity contribution < 1.29 is 19.1 Å². The van der Waals surface area contributed by atoms with Gasteiger partial charge in [-0.3, -0.25) is 4.79 Å². The van der Waals surface area contributed by atoms with E-state index >= 15 is 0 Å². The second-order valence-electron chi connectivity index (χ2n) is 6.75. The number of piperidine rings is 1. The van der Waals surface area contributed by atoms with Gasteiger partial charge in [0.2, 0.25) is 0 Å². The van der Waals surface area contributed by atoms with Crippen LogP contribution in [0.25, 0.3) is 0 Å². The highest BCUT2D eigenvalue weighted by atomic mass is 16.6. The van der Waals surface area contributed by atoms with Gasteiger partial charge in [0, 0.05) is 25.7 Å². The maximum absolute atomic E-state index is 12.2. The molecule has 0 unspecified atom stereocenters. The number of hydrogen-bond acceptors (Lipinski definition) is 4. The van der Waals surface area contributed by atoms with Crippen LogP contribution < -0.4 is 5.32 Å². The summed E-state index contributed by atoms with van der Waals surface area (Å²) in [5.74, 6) is 0.100. The van der Waals surface area contributed by atoms with E-state index in [1.165, 1.54) is 0 Å². The molecular weight excluding hydrogens is 272 g/mol. The van der Waals surface area contributed by atoms with Crippen LogP contribution in [0.4, 0.5) is 4.79 Å². The first-order chi connectivity index (χ1) is 9.85. The summed E-state index contributed by atoms with van der Waals surface area (Å²) in [4.78, 5) is 25.8. The Morgan fingerprint density at radius 3 is 2.38 bits per heavy atom. The molecule has 2 aliphatic heterocycles. The Balaban J connectivity index is 1.73. The number of hydrogen-bond donors (Lipinski definition) is 1. The fourth-order valence-corrected chi connectivity index (χ4v) is 2.69. The van der Waals surface area contributed by atoms with E-state index in [2.05, 4.69) is 5.32 Å². The summed E-state index contributed by atoms with van der Waals surface area (Å²) in [5.41, 5.74) is -0.486. The molecule has 2 fully saturated rings. The molecule has 2 saturated heterocycles. The van der Waals surface area contributed by atoms with Gasteiger partial charge in [-0.1, -0.05) is 0 Å². The first-order valence-corrected chi connectivity index (χ1v) is 7.75. The van der Waals surface area contributed by atoms with Gasteiger partial charge in [0.1, 0.15) is 11.7 Å². The molecule has 0 saturated carbocycles. The van der Waals surface area contributed by atoms with Crippen molar-refractivity contribution in [1.29, 1.82) is 0 Å². The molecule has 21 heavy (non-hydrogen) atoms. The number of carbonyl (C=O) groups excluding carboxylic acids is 2. The van der Waals surface area contributed by atoms with Crippen molar-refractivity contribution >= 4 is 12.0 Å². The highest BCUT2D eigenvalue weighted by molar-refractivity contribution is 5.81. The van der Waals surface area contributed by atoms with Crippen molar-refractivity contribution in [3.63, 3.8) is 0 Å². The first-order valence-electron chi connectivity index (χ1n) is 7.75. The van der Waals surface area contributed by atoms with Gasteiger partial charge in [-0.25, -0.2) is 4.79 Å². The standard InChI is InChI=1S/C15H26N2O4/c1-15(2,3)21-14(19)16-11-6-8-17(9-7-11)13(18)12-5-4-10-20-12/h11-12H,4-10H2,1-3H3,(H,16,19)/t12-/m0/s1. The van der Waals surface area contributed by atoms with Gasteiger partial charge >= 0.3 is 6.09 Å². The second-order valence-corrected chi connectivity index (χ2v) is 6.75. The zero-order valence-corrected chi connectivity index (χ0v) is 13.2. The van der Waals surface area contributed by atoms with Gasteiger partial charge in [0.25, 0.3) is 5.91 Å². The number of amides is 2. The van der Waals surface area contributed by atoms with Gasteiger partial charge in [-0.15, -0.1) is 0 Å². The summed E-state index contributed by atoms with van der Waals surface area (Å²) >= 11 is 0. The zero-order valence-electron chi connectivity index (χ0n) is 13.2.